The van der Waals surface area contributed by atoms with Gasteiger partial charge in [0.2, 0.25) is 0 Å². The minimum absolute atomic E-state index is 0.176. The summed E-state index contributed by atoms with van der Waals surface area (Å²) in [6.07, 6.45) is 1.40. The molecule has 0 aromatic heterocycles. The molecule has 2 heteroatoms. The fraction of sp³-hybridized carbons (Fsp3) is 0.211. The molecule has 106 valence electrons. The van der Waals surface area contributed by atoms with E-state index in [4.69, 9.17) is 4.74 Å². The van der Waals surface area contributed by atoms with E-state index in [0.717, 1.165) is 35.1 Å². The molecule has 0 fully saturated rings. The van der Waals surface area contributed by atoms with Crippen LogP contribution in [0.15, 0.2) is 66.2 Å². The number of cyclic esters (lactones) is 1. The summed E-state index contributed by atoms with van der Waals surface area (Å²) in [5.41, 5.74) is 3.93. The molecule has 0 radical (unpaired) electrons. The van der Waals surface area contributed by atoms with E-state index in [1.165, 1.54) is 0 Å². The van der Waals surface area contributed by atoms with Crippen molar-refractivity contribution >= 4 is 11.5 Å². The molecule has 3 rings (SSSR count). The first-order valence-corrected chi connectivity index (χ1v) is 7.35. The highest BCUT2D eigenvalue weighted by atomic mass is 16.5. The van der Waals surface area contributed by atoms with Crippen LogP contribution in [0.3, 0.4) is 0 Å². The van der Waals surface area contributed by atoms with E-state index in [2.05, 4.69) is 6.92 Å². The third-order valence-electron chi connectivity index (χ3n) is 3.75. The molecule has 2 aromatic carbocycles. The first-order valence-electron chi connectivity index (χ1n) is 7.35. The van der Waals surface area contributed by atoms with Crippen molar-refractivity contribution in [3.63, 3.8) is 0 Å². The van der Waals surface area contributed by atoms with Gasteiger partial charge in [-0.1, -0.05) is 74.0 Å². The Kier molecular flexibility index (Phi) is 3.87. The van der Waals surface area contributed by atoms with Gasteiger partial charge in [-0.05, 0) is 17.5 Å². The van der Waals surface area contributed by atoms with Gasteiger partial charge in [0.05, 0.1) is 0 Å². The standard InChI is InChI=1S/C19H18O2/c1-2-9-16-17(14-10-5-3-6-11-14)18(21-19(16)20)15-12-7-4-8-13-15/h3-8,10-13,18H,2,9H2,1H3/t18-/m0/s1. The number of carbonyl (C=O) groups is 1. The van der Waals surface area contributed by atoms with Gasteiger partial charge in [0.15, 0.2) is 6.10 Å². The monoisotopic (exact) mass is 278 g/mol. The minimum Gasteiger partial charge on any atom is -0.449 e. The lowest BCUT2D eigenvalue weighted by Crippen LogP contribution is -2.03. The Hall–Kier alpha value is -2.35. The Balaban J connectivity index is 2.11. The van der Waals surface area contributed by atoms with Crippen LogP contribution < -0.4 is 0 Å². The zero-order valence-corrected chi connectivity index (χ0v) is 12.1. The molecule has 1 atom stereocenters. The molecular weight excluding hydrogens is 260 g/mol. The molecule has 0 spiro atoms. The van der Waals surface area contributed by atoms with Crippen molar-refractivity contribution in [3.8, 4) is 0 Å². The van der Waals surface area contributed by atoms with Crippen LogP contribution in [0, 0.1) is 0 Å². The van der Waals surface area contributed by atoms with Crippen LogP contribution in [-0.4, -0.2) is 5.97 Å². The molecule has 1 aliphatic rings. The average Bonchev–Trinajstić information content (AvgIpc) is 2.86. The van der Waals surface area contributed by atoms with Gasteiger partial charge in [0, 0.05) is 11.1 Å². The molecule has 0 unspecified atom stereocenters. The first kappa shape index (κ1) is 13.6. The van der Waals surface area contributed by atoms with Crippen molar-refractivity contribution in [2.45, 2.75) is 25.9 Å². The van der Waals surface area contributed by atoms with E-state index in [1.54, 1.807) is 0 Å². The number of hydrogen-bond acceptors (Lipinski definition) is 2. The van der Waals surface area contributed by atoms with E-state index < -0.39 is 0 Å². The van der Waals surface area contributed by atoms with Crippen LogP contribution in [0.2, 0.25) is 0 Å². The molecule has 0 saturated carbocycles. The molecular formula is C19H18O2. The van der Waals surface area contributed by atoms with Crippen LogP contribution in [0.5, 0.6) is 0 Å². The van der Waals surface area contributed by atoms with Crippen LogP contribution in [0.1, 0.15) is 37.0 Å². The summed E-state index contributed by atoms with van der Waals surface area (Å²) in [6.45, 7) is 2.08. The van der Waals surface area contributed by atoms with Gasteiger partial charge in [-0.2, -0.15) is 0 Å². The summed E-state index contributed by atoms with van der Waals surface area (Å²) < 4.78 is 5.67. The van der Waals surface area contributed by atoms with Gasteiger partial charge < -0.3 is 4.74 Å². The Morgan fingerprint density at radius 1 is 0.952 bits per heavy atom. The lowest BCUT2D eigenvalue weighted by molar-refractivity contribution is -0.139. The number of hydrogen-bond donors (Lipinski definition) is 0. The number of ether oxygens (including phenoxy) is 1. The van der Waals surface area contributed by atoms with Gasteiger partial charge in [-0.3, -0.25) is 0 Å². The van der Waals surface area contributed by atoms with E-state index in [-0.39, 0.29) is 12.1 Å². The highest BCUT2D eigenvalue weighted by molar-refractivity contribution is 6.03. The van der Waals surface area contributed by atoms with E-state index in [0.29, 0.717) is 0 Å². The number of esters is 1. The van der Waals surface area contributed by atoms with E-state index in [9.17, 15) is 4.79 Å². The molecule has 2 aromatic rings. The fourth-order valence-corrected chi connectivity index (χ4v) is 2.80. The first-order chi connectivity index (χ1) is 10.3. The Bertz CT molecular complexity index is 656. The van der Waals surface area contributed by atoms with Crippen molar-refractivity contribution in [2.24, 2.45) is 0 Å². The molecule has 0 amide bonds. The Morgan fingerprint density at radius 2 is 1.57 bits per heavy atom. The summed E-state index contributed by atoms with van der Waals surface area (Å²) in [5, 5.41) is 0. The molecule has 21 heavy (non-hydrogen) atoms. The van der Waals surface area contributed by atoms with Crippen molar-refractivity contribution < 1.29 is 9.53 Å². The molecule has 1 aliphatic heterocycles. The predicted octanol–water partition coefficient (Wildman–Crippen LogP) is 4.54. The van der Waals surface area contributed by atoms with Crippen LogP contribution in [-0.2, 0) is 9.53 Å². The molecule has 2 nitrogen and oxygen atoms in total. The second kappa shape index (κ2) is 5.96. The normalized spacial score (nSPS) is 18.0. The Labute approximate surface area is 125 Å². The summed E-state index contributed by atoms with van der Waals surface area (Å²) >= 11 is 0. The Morgan fingerprint density at radius 3 is 2.19 bits per heavy atom. The smallest absolute Gasteiger partial charge is 0.335 e. The molecule has 1 heterocycles. The molecule has 0 saturated heterocycles. The zero-order valence-electron chi connectivity index (χ0n) is 12.1. The predicted molar refractivity (Wildman–Crippen MR) is 83.5 cm³/mol. The largest absolute Gasteiger partial charge is 0.449 e. The third kappa shape index (κ3) is 2.62. The molecule has 0 aliphatic carbocycles. The minimum atomic E-state index is -0.289. The number of rotatable bonds is 4. The van der Waals surface area contributed by atoms with Crippen LogP contribution in [0.25, 0.3) is 5.57 Å². The SMILES string of the molecule is CCCC1=C(c2ccccc2)[C@H](c2ccccc2)OC1=O. The number of benzene rings is 2. The lowest BCUT2D eigenvalue weighted by Gasteiger charge is -2.15. The average molecular weight is 278 g/mol. The summed E-state index contributed by atoms with van der Waals surface area (Å²) in [6, 6.07) is 20.0. The van der Waals surface area contributed by atoms with Crippen molar-refractivity contribution in [1.29, 1.82) is 0 Å². The molecule has 0 bridgehead atoms. The van der Waals surface area contributed by atoms with Crippen LogP contribution in [0.4, 0.5) is 0 Å². The second-order valence-electron chi connectivity index (χ2n) is 5.20. The summed E-state index contributed by atoms with van der Waals surface area (Å²) in [4.78, 5) is 12.3. The van der Waals surface area contributed by atoms with Crippen LogP contribution >= 0.6 is 0 Å². The zero-order chi connectivity index (χ0) is 14.7. The maximum atomic E-state index is 12.3. The van der Waals surface area contributed by atoms with Gasteiger partial charge >= 0.3 is 5.97 Å². The maximum Gasteiger partial charge on any atom is 0.335 e. The van der Waals surface area contributed by atoms with Gasteiger partial charge in [-0.25, -0.2) is 4.79 Å². The highest BCUT2D eigenvalue weighted by Gasteiger charge is 2.34. The quantitative estimate of drug-likeness (QED) is 0.768. The lowest BCUT2D eigenvalue weighted by atomic mass is 9.91. The van der Waals surface area contributed by atoms with Gasteiger partial charge in [0.25, 0.3) is 0 Å². The summed E-state index contributed by atoms with van der Waals surface area (Å²) in [5.74, 6) is -0.176. The van der Waals surface area contributed by atoms with Crippen molar-refractivity contribution in [3.05, 3.63) is 77.4 Å². The highest BCUT2D eigenvalue weighted by Crippen LogP contribution is 2.42. The van der Waals surface area contributed by atoms with Crippen molar-refractivity contribution in [1.82, 2.24) is 0 Å². The summed E-state index contributed by atoms with van der Waals surface area (Å²) in [7, 11) is 0. The van der Waals surface area contributed by atoms with Crippen molar-refractivity contribution in [2.75, 3.05) is 0 Å². The van der Waals surface area contributed by atoms with E-state index in [1.807, 2.05) is 60.7 Å². The number of carbonyl (C=O) groups excluding carboxylic acids is 1. The van der Waals surface area contributed by atoms with Gasteiger partial charge in [0.1, 0.15) is 0 Å². The topological polar surface area (TPSA) is 26.3 Å². The fourth-order valence-electron chi connectivity index (χ4n) is 2.80. The molecule has 0 N–H and O–H groups in total. The van der Waals surface area contributed by atoms with E-state index >= 15 is 0 Å². The second-order valence-corrected chi connectivity index (χ2v) is 5.20. The third-order valence-corrected chi connectivity index (χ3v) is 3.75. The maximum absolute atomic E-state index is 12.3. The van der Waals surface area contributed by atoms with Gasteiger partial charge in [-0.15, -0.1) is 0 Å².